The summed E-state index contributed by atoms with van der Waals surface area (Å²) in [4.78, 5) is 24.4. The number of urea groups is 1. The van der Waals surface area contributed by atoms with Gasteiger partial charge in [0.1, 0.15) is 5.76 Å². The number of carbonyl (C=O) groups is 2. The van der Waals surface area contributed by atoms with Crippen LogP contribution in [0, 0.1) is 6.92 Å². The smallest absolute Gasteiger partial charge is 0.315 e. The standard InChI is InChI=1S/C17H21N3O3S/c1-13-4-6-15(7-5-13)24-10-8-18-17(22)20-12-16(21)19-11-14-3-2-9-23-14/h2-7,9H,8,10-12H2,1H3,(H,19,21)(H2,18,20,22). The van der Waals surface area contributed by atoms with E-state index in [2.05, 4.69) is 40.2 Å². The minimum atomic E-state index is -0.354. The Hall–Kier alpha value is -2.41. The fraction of sp³-hybridized carbons (Fsp3) is 0.294. The average molecular weight is 347 g/mol. The van der Waals surface area contributed by atoms with E-state index in [9.17, 15) is 9.59 Å². The van der Waals surface area contributed by atoms with E-state index in [0.717, 1.165) is 5.75 Å². The molecule has 0 aliphatic heterocycles. The van der Waals surface area contributed by atoms with E-state index in [-0.39, 0.29) is 18.5 Å². The van der Waals surface area contributed by atoms with Crippen molar-refractivity contribution in [1.29, 1.82) is 0 Å². The summed E-state index contributed by atoms with van der Waals surface area (Å²) in [6.07, 6.45) is 1.54. The zero-order valence-electron chi connectivity index (χ0n) is 13.5. The molecule has 2 aromatic rings. The maximum absolute atomic E-state index is 11.6. The van der Waals surface area contributed by atoms with Crippen LogP contribution >= 0.6 is 11.8 Å². The number of carbonyl (C=O) groups excluding carboxylic acids is 2. The van der Waals surface area contributed by atoms with Crippen LogP contribution in [0.5, 0.6) is 0 Å². The van der Waals surface area contributed by atoms with Crippen molar-refractivity contribution in [1.82, 2.24) is 16.0 Å². The number of aryl methyl sites for hydroxylation is 1. The fourth-order valence-electron chi connectivity index (χ4n) is 1.85. The van der Waals surface area contributed by atoms with Crippen molar-refractivity contribution < 1.29 is 14.0 Å². The monoisotopic (exact) mass is 347 g/mol. The van der Waals surface area contributed by atoms with Crippen molar-refractivity contribution in [2.24, 2.45) is 0 Å². The van der Waals surface area contributed by atoms with Crippen LogP contribution in [-0.2, 0) is 11.3 Å². The van der Waals surface area contributed by atoms with Gasteiger partial charge in [-0.05, 0) is 31.2 Å². The number of furan rings is 1. The summed E-state index contributed by atoms with van der Waals surface area (Å²) >= 11 is 1.67. The molecule has 0 bridgehead atoms. The molecule has 3 amide bonds. The first-order valence-electron chi connectivity index (χ1n) is 7.64. The molecule has 3 N–H and O–H groups in total. The highest BCUT2D eigenvalue weighted by Crippen LogP contribution is 2.17. The Balaban J connectivity index is 1.53. The van der Waals surface area contributed by atoms with Crippen LogP contribution in [0.1, 0.15) is 11.3 Å². The lowest BCUT2D eigenvalue weighted by molar-refractivity contribution is -0.120. The number of hydrogen-bond donors (Lipinski definition) is 3. The van der Waals surface area contributed by atoms with Crippen LogP contribution in [0.25, 0.3) is 0 Å². The van der Waals surface area contributed by atoms with Gasteiger partial charge in [-0.3, -0.25) is 4.79 Å². The molecule has 7 heteroatoms. The van der Waals surface area contributed by atoms with Gasteiger partial charge in [-0.2, -0.15) is 0 Å². The van der Waals surface area contributed by atoms with Gasteiger partial charge >= 0.3 is 6.03 Å². The van der Waals surface area contributed by atoms with Gasteiger partial charge < -0.3 is 20.4 Å². The van der Waals surface area contributed by atoms with Crippen LogP contribution in [0.4, 0.5) is 4.79 Å². The lowest BCUT2D eigenvalue weighted by atomic mass is 10.2. The van der Waals surface area contributed by atoms with Crippen molar-refractivity contribution in [2.45, 2.75) is 18.4 Å². The zero-order valence-corrected chi connectivity index (χ0v) is 14.3. The summed E-state index contributed by atoms with van der Waals surface area (Å²) in [6, 6.07) is 11.4. The van der Waals surface area contributed by atoms with Gasteiger partial charge in [0.15, 0.2) is 0 Å². The minimum absolute atomic E-state index is 0.0718. The second kappa shape index (κ2) is 9.67. The van der Waals surface area contributed by atoms with Crippen LogP contribution < -0.4 is 16.0 Å². The van der Waals surface area contributed by atoms with E-state index in [4.69, 9.17) is 4.42 Å². The Bertz CT molecular complexity index is 642. The summed E-state index contributed by atoms with van der Waals surface area (Å²) < 4.78 is 5.10. The van der Waals surface area contributed by atoms with E-state index in [0.29, 0.717) is 18.8 Å². The van der Waals surface area contributed by atoms with Crippen molar-refractivity contribution >= 4 is 23.7 Å². The Morgan fingerprint density at radius 3 is 2.58 bits per heavy atom. The lowest BCUT2D eigenvalue weighted by Gasteiger charge is -2.08. The van der Waals surface area contributed by atoms with E-state index < -0.39 is 0 Å². The average Bonchev–Trinajstić information content (AvgIpc) is 3.10. The lowest BCUT2D eigenvalue weighted by Crippen LogP contribution is -2.42. The number of rotatable bonds is 8. The molecule has 1 aromatic carbocycles. The summed E-state index contributed by atoms with van der Waals surface area (Å²) in [5.41, 5.74) is 1.22. The first-order valence-corrected chi connectivity index (χ1v) is 8.62. The van der Waals surface area contributed by atoms with Gasteiger partial charge in [-0.25, -0.2) is 4.79 Å². The molecule has 0 aliphatic rings. The van der Waals surface area contributed by atoms with Crippen molar-refractivity contribution in [3.05, 3.63) is 54.0 Å². The summed E-state index contributed by atoms with van der Waals surface area (Å²) in [5.74, 6) is 1.16. The number of thioether (sulfide) groups is 1. The molecule has 1 heterocycles. The highest BCUT2D eigenvalue weighted by molar-refractivity contribution is 7.99. The third-order valence-electron chi connectivity index (χ3n) is 3.13. The molecular formula is C17H21N3O3S. The van der Waals surface area contributed by atoms with Gasteiger partial charge in [0, 0.05) is 17.2 Å². The van der Waals surface area contributed by atoms with E-state index in [1.807, 2.05) is 6.92 Å². The predicted octanol–water partition coefficient (Wildman–Crippen LogP) is 2.30. The number of nitrogens with one attached hydrogen (secondary N) is 3. The summed E-state index contributed by atoms with van der Waals surface area (Å²) in [5, 5.41) is 7.89. The maximum atomic E-state index is 11.6. The number of amides is 3. The molecule has 24 heavy (non-hydrogen) atoms. The second-order valence-corrected chi connectivity index (χ2v) is 6.30. The molecule has 128 valence electrons. The van der Waals surface area contributed by atoms with Crippen LogP contribution in [-0.4, -0.2) is 30.8 Å². The molecular weight excluding hydrogens is 326 g/mol. The number of benzene rings is 1. The molecule has 0 atom stereocenters. The van der Waals surface area contributed by atoms with Crippen molar-refractivity contribution in [3.8, 4) is 0 Å². The Morgan fingerprint density at radius 2 is 1.88 bits per heavy atom. The Labute approximate surface area is 145 Å². The van der Waals surface area contributed by atoms with Crippen LogP contribution in [0.3, 0.4) is 0 Å². The first kappa shape index (κ1) is 17.9. The Kier molecular flexibility index (Phi) is 7.22. The van der Waals surface area contributed by atoms with Crippen LogP contribution in [0.2, 0.25) is 0 Å². The summed E-state index contributed by atoms with van der Waals surface area (Å²) in [6.45, 7) is 2.81. The van der Waals surface area contributed by atoms with Crippen molar-refractivity contribution in [2.75, 3.05) is 18.8 Å². The highest BCUT2D eigenvalue weighted by Gasteiger charge is 2.05. The quantitative estimate of drug-likeness (QED) is 0.505. The molecule has 0 aliphatic carbocycles. The highest BCUT2D eigenvalue weighted by atomic mass is 32.2. The largest absolute Gasteiger partial charge is 0.467 e. The predicted molar refractivity (Wildman–Crippen MR) is 93.9 cm³/mol. The molecule has 0 unspecified atom stereocenters. The zero-order chi connectivity index (χ0) is 17.2. The second-order valence-electron chi connectivity index (χ2n) is 5.13. The molecule has 0 fully saturated rings. The SMILES string of the molecule is Cc1ccc(SCCNC(=O)NCC(=O)NCc2ccco2)cc1. The van der Waals surface area contributed by atoms with Gasteiger partial charge in [0.05, 0.1) is 19.4 Å². The molecule has 0 saturated carbocycles. The maximum Gasteiger partial charge on any atom is 0.315 e. The van der Waals surface area contributed by atoms with E-state index in [1.165, 1.54) is 10.5 Å². The van der Waals surface area contributed by atoms with Crippen LogP contribution in [0.15, 0.2) is 52.0 Å². The molecule has 0 radical (unpaired) electrons. The minimum Gasteiger partial charge on any atom is -0.467 e. The van der Waals surface area contributed by atoms with Gasteiger partial charge in [-0.1, -0.05) is 17.7 Å². The molecule has 6 nitrogen and oxygen atoms in total. The molecule has 2 rings (SSSR count). The van der Waals surface area contributed by atoms with Gasteiger partial charge in [0.2, 0.25) is 5.91 Å². The molecule has 1 aromatic heterocycles. The third-order valence-corrected chi connectivity index (χ3v) is 4.14. The fourth-order valence-corrected chi connectivity index (χ4v) is 2.62. The number of hydrogen-bond acceptors (Lipinski definition) is 4. The normalized spacial score (nSPS) is 10.2. The molecule has 0 spiro atoms. The van der Waals surface area contributed by atoms with Crippen molar-refractivity contribution in [3.63, 3.8) is 0 Å². The Morgan fingerprint density at radius 1 is 1.08 bits per heavy atom. The van der Waals surface area contributed by atoms with Gasteiger partial charge in [0.25, 0.3) is 0 Å². The van der Waals surface area contributed by atoms with Gasteiger partial charge in [-0.15, -0.1) is 11.8 Å². The molecule has 0 saturated heterocycles. The van der Waals surface area contributed by atoms with E-state index >= 15 is 0 Å². The third kappa shape index (κ3) is 6.78. The topological polar surface area (TPSA) is 83.4 Å². The summed E-state index contributed by atoms with van der Waals surface area (Å²) in [7, 11) is 0. The van der Waals surface area contributed by atoms with E-state index in [1.54, 1.807) is 30.2 Å². The first-order chi connectivity index (χ1) is 11.6.